The molecule has 1 fully saturated rings. The molecule has 5 nitrogen and oxygen atoms in total. The van der Waals surface area contributed by atoms with Crippen LogP contribution in [0, 0.1) is 17.8 Å². The van der Waals surface area contributed by atoms with E-state index >= 15 is 0 Å². The molecular formula is C11H16N2O3. The quantitative estimate of drug-likeness (QED) is 0.672. The van der Waals surface area contributed by atoms with Crippen LogP contribution in [-0.2, 0) is 4.79 Å². The SMILES string of the molecule is CC#CCNC(=O)N1CCCC(C(=O)O)C1. The van der Waals surface area contributed by atoms with E-state index in [-0.39, 0.29) is 6.03 Å². The third kappa shape index (κ3) is 3.46. The minimum absolute atomic E-state index is 0.228. The highest BCUT2D eigenvalue weighted by atomic mass is 16.4. The number of aliphatic carboxylic acids is 1. The van der Waals surface area contributed by atoms with E-state index in [1.54, 1.807) is 11.8 Å². The number of rotatable bonds is 2. The average molecular weight is 224 g/mol. The molecule has 1 aliphatic rings. The Balaban J connectivity index is 2.42. The summed E-state index contributed by atoms with van der Waals surface area (Å²) in [7, 11) is 0. The minimum atomic E-state index is -0.828. The van der Waals surface area contributed by atoms with Crippen molar-refractivity contribution in [1.82, 2.24) is 10.2 Å². The minimum Gasteiger partial charge on any atom is -0.481 e. The first-order valence-electron chi connectivity index (χ1n) is 5.30. The van der Waals surface area contributed by atoms with Gasteiger partial charge in [-0.15, -0.1) is 5.92 Å². The molecule has 0 aromatic rings. The monoisotopic (exact) mass is 224 g/mol. The maximum absolute atomic E-state index is 11.6. The van der Waals surface area contributed by atoms with Crippen molar-refractivity contribution < 1.29 is 14.7 Å². The summed E-state index contributed by atoms with van der Waals surface area (Å²) in [6.07, 6.45) is 1.39. The number of carbonyl (C=O) groups is 2. The first-order chi connectivity index (χ1) is 7.65. The van der Waals surface area contributed by atoms with E-state index in [0.29, 0.717) is 26.1 Å². The summed E-state index contributed by atoms with van der Waals surface area (Å²) in [6.45, 7) is 2.92. The lowest BCUT2D eigenvalue weighted by Gasteiger charge is -2.30. The number of nitrogens with zero attached hydrogens (tertiary/aromatic N) is 1. The molecule has 0 aliphatic carbocycles. The highest BCUT2D eigenvalue weighted by Gasteiger charge is 2.27. The van der Waals surface area contributed by atoms with Crippen LogP contribution >= 0.6 is 0 Å². The maximum Gasteiger partial charge on any atom is 0.318 e. The van der Waals surface area contributed by atoms with E-state index < -0.39 is 11.9 Å². The number of carboxylic acids is 1. The Morgan fingerprint density at radius 3 is 2.94 bits per heavy atom. The highest BCUT2D eigenvalue weighted by molar-refractivity contribution is 5.76. The van der Waals surface area contributed by atoms with Crippen LogP contribution in [0.4, 0.5) is 4.79 Å². The third-order valence-corrected chi connectivity index (χ3v) is 2.56. The zero-order valence-corrected chi connectivity index (χ0v) is 9.32. The number of hydrogen-bond donors (Lipinski definition) is 2. The first-order valence-corrected chi connectivity index (χ1v) is 5.30. The van der Waals surface area contributed by atoms with Crippen LogP contribution in [0.2, 0.25) is 0 Å². The molecule has 1 unspecified atom stereocenters. The van der Waals surface area contributed by atoms with E-state index in [9.17, 15) is 9.59 Å². The van der Waals surface area contributed by atoms with Crippen LogP contribution in [-0.4, -0.2) is 41.6 Å². The third-order valence-electron chi connectivity index (χ3n) is 2.56. The van der Waals surface area contributed by atoms with E-state index in [1.165, 1.54) is 0 Å². The van der Waals surface area contributed by atoms with E-state index in [2.05, 4.69) is 17.2 Å². The van der Waals surface area contributed by atoms with Crippen LogP contribution in [0.25, 0.3) is 0 Å². The fourth-order valence-corrected chi connectivity index (χ4v) is 1.68. The van der Waals surface area contributed by atoms with Gasteiger partial charge in [-0.05, 0) is 19.8 Å². The summed E-state index contributed by atoms with van der Waals surface area (Å²) in [5.41, 5.74) is 0. The number of piperidine rings is 1. The topological polar surface area (TPSA) is 69.6 Å². The molecule has 2 amide bonds. The molecule has 5 heteroatoms. The van der Waals surface area contributed by atoms with E-state index in [1.807, 2.05) is 0 Å². The van der Waals surface area contributed by atoms with Crippen molar-refractivity contribution in [1.29, 1.82) is 0 Å². The summed E-state index contributed by atoms with van der Waals surface area (Å²) in [6, 6.07) is -0.228. The standard InChI is InChI=1S/C11H16N2O3/c1-2-3-6-12-11(16)13-7-4-5-9(8-13)10(14)15/h9H,4-8H2,1H3,(H,12,16)(H,14,15). The number of urea groups is 1. The van der Waals surface area contributed by atoms with Gasteiger partial charge in [0.05, 0.1) is 12.5 Å². The molecule has 1 heterocycles. The lowest BCUT2D eigenvalue weighted by Crippen LogP contribution is -2.47. The molecule has 0 saturated carbocycles. The van der Waals surface area contributed by atoms with Crippen molar-refractivity contribution >= 4 is 12.0 Å². The number of likely N-dealkylation sites (tertiary alicyclic amines) is 1. The Hall–Kier alpha value is -1.70. The molecule has 1 atom stereocenters. The number of carbonyl (C=O) groups excluding carboxylic acids is 1. The molecule has 2 N–H and O–H groups in total. The Labute approximate surface area is 94.8 Å². The fraction of sp³-hybridized carbons (Fsp3) is 0.636. The van der Waals surface area contributed by atoms with E-state index in [4.69, 9.17) is 5.11 Å². The van der Waals surface area contributed by atoms with Gasteiger partial charge in [-0.2, -0.15) is 0 Å². The van der Waals surface area contributed by atoms with Crippen LogP contribution in [0.5, 0.6) is 0 Å². The molecule has 0 aromatic heterocycles. The predicted molar refractivity (Wildman–Crippen MR) is 58.8 cm³/mol. The van der Waals surface area contributed by atoms with Crippen molar-refractivity contribution in [3.05, 3.63) is 0 Å². The molecule has 0 bridgehead atoms. The molecule has 0 radical (unpaired) electrons. The second kappa shape index (κ2) is 6.01. The summed E-state index contributed by atoms with van der Waals surface area (Å²) in [4.78, 5) is 23.9. The largest absolute Gasteiger partial charge is 0.481 e. The Morgan fingerprint density at radius 2 is 2.31 bits per heavy atom. The van der Waals surface area contributed by atoms with Crippen LogP contribution in [0.3, 0.4) is 0 Å². The van der Waals surface area contributed by atoms with Crippen molar-refractivity contribution in [2.75, 3.05) is 19.6 Å². The van der Waals surface area contributed by atoms with Gasteiger partial charge in [-0.1, -0.05) is 5.92 Å². The second-order valence-corrected chi connectivity index (χ2v) is 3.71. The molecule has 0 spiro atoms. The van der Waals surface area contributed by atoms with Crippen LogP contribution < -0.4 is 5.32 Å². The molecule has 1 saturated heterocycles. The second-order valence-electron chi connectivity index (χ2n) is 3.71. The number of nitrogens with one attached hydrogen (secondary N) is 1. The lowest BCUT2D eigenvalue weighted by atomic mass is 9.99. The zero-order valence-electron chi connectivity index (χ0n) is 9.32. The van der Waals surface area contributed by atoms with Gasteiger partial charge in [0.2, 0.25) is 0 Å². The summed E-state index contributed by atoms with van der Waals surface area (Å²) in [5.74, 6) is 4.14. The van der Waals surface area contributed by atoms with Gasteiger partial charge >= 0.3 is 12.0 Å². The number of carboxylic acid groups (broad SMARTS) is 1. The van der Waals surface area contributed by atoms with Gasteiger partial charge in [0.25, 0.3) is 0 Å². The van der Waals surface area contributed by atoms with Crippen molar-refractivity contribution in [2.45, 2.75) is 19.8 Å². The average Bonchev–Trinajstić information content (AvgIpc) is 2.29. The van der Waals surface area contributed by atoms with Crippen molar-refractivity contribution in [2.24, 2.45) is 5.92 Å². The molecule has 0 aromatic carbocycles. The van der Waals surface area contributed by atoms with Gasteiger partial charge in [0.1, 0.15) is 0 Å². The Bertz CT molecular complexity index is 330. The Morgan fingerprint density at radius 1 is 1.56 bits per heavy atom. The molecule has 88 valence electrons. The summed E-state index contributed by atoms with van der Waals surface area (Å²) >= 11 is 0. The molecule has 1 rings (SSSR count). The summed E-state index contributed by atoms with van der Waals surface area (Å²) < 4.78 is 0. The van der Waals surface area contributed by atoms with Crippen LogP contribution in [0.15, 0.2) is 0 Å². The molecule has 1 aliphatic heterocycles. The predicted octanol–water partition coefficient (Wildman–Crippen LogP) is 0.516. The van der Waals surface area contributed by atoms with Crippen molar-refractivity contribution in [3.63, 3.8) is 0 Å². The lowest BCUT2D eigenvalue weighted by molar-refractivity contribution is -0.143. The van der Waals surface area contributed by atoms with Gasteiger partial charge < -0.3 is 15.3 Å². The van der Waals surface area contributed by atoms with E-state index in [0.717, 1.165) is 6.42 Å². The maximum atomic E-state index is 11.6. The van der Waals surface area contributed by atoms with Gasteiger partial charge in [-0.25, -0.2) is 4.79 Å². The highest BCUT2D eigenvalue weighted by Crippen LogP contribution is 2.16. The molecular weight excluding hydrogens is 208 g/mol. The van der Waals surface area contributed by atoms with Gasteiger partial charge in [0, 0.05) is 13.1 Å². The van der Waals surface area contributed by atoms with Crippen molar-refractivity contribution in [3.8, 4) is 11.8 Å². The number of hydrogen-bond acceptors (Lipinski definition) is 2. The zero-order chi connectivity index (χ0) is 12.0. The Kier molecular flexibility index (Phi) is 4.65. The normalized spacial score (nSPS) is 19.6. The van der Waals surface area contributed by atoms with Gasteiger partial charge in [0.15, 0.2) is 0 Å². The summed E-state index contributed by atoms with van der Waals surface area (Å²) in [5, 5.41) is 11.5. The molecule has 16 heavy (non-hydrogen) atoms. The fourth-order valence-electron chi connectivity index (χ4n) is 1.68. The number of amides is 2. The smallest absolute Gasteiger partial charge is 0.318 e. The van der Waals surface area contributed by atoms with Gasteiger partial charge in [-0.3, -0.25) is 4.79 Å². The first kappa shape index (κ1) is 12.4. The van der Waals surface area contributed by atoms with Crippen LogP contribution in [0.1, 0.15) is 19.8 Å².